The van der Waals surface area contributed by atoms with Crippen molar-refractivity contribution in [2.45, 2.75) is 285 Å². The lowest BCUT2D eigenvalue weighted by molar-refractivity contribution is -0.379. The first-order valence-corrected chi connectivity index (χ1v) is 27.4. The van der Waals surface area contributed by atoms with Gasteiger partial charge in [0.2, 0.25) is 5.91 Å². The number of amides is 1. The van der Waals surface area contributed by atoms with Crippen LogP contribution in [0.25, 0.3) is 0 Å². The van der Waals surface area contributed by atoms with E-state index in [4.69, 9.17) is 28.4 Å². The fourth-order valence-electron chi connectivity index (χ4n) is 9.48. The Balaban J connectivity index is 1.54. The lowest BCUT2D eigenvalue weighted by atomic mass is 9.96. The van der Waals surface area contributed by atoms with Gasteiger partial charge in [-0.05, 0) is 19.3 Å². The Labute approximate surface area is 423 Å². The van der Waals surface area contributed by atoms with Crippen molar-refractivity contribution in [1.82, 2.24) is 5.32 Å². The van der Waals surface area contributed by atoms with E-state index >= 15 is 0 Å². The summed E-state index contributed by atoms with van der Waals surface area (Å²) < 4.78 is 34.1. The highest BCUT2D eigenvalue weighted by molar-refractivity contribution is 5.76. The summed E-state index contributed by atoms with van der Waals surface area (Å²) in [5.41, 5.74) is 0. The molecule has 0 spiro atoms. The Morgan fingerprint density at radius 3 is 1.32 bits per heavy atom. The van der Waals surface area contributed by atoms with Gasteiger partial charge in [0.15, 0.2) is 18.9 Å². The molecule has 0 saturated carbocycles. The van der Waals surface area contributed by atoms with E-state index in [9.17, 15) is 61.0 Å². The van der Waals surface area contributed by atoms with E-state index in [-0.39, 0.29) is 18.9 Å². The Morgan fingerprint density at radius 1 is 0.493 bits per heavy atom. The number of rotatable bonds is 39. The summed E-state index contributed by atoms with van der Waals surface area (Å²) >= 11 is 0. The first-order chi connectivity index (χ1) is 34.3. The number of ether oxygens (including phenoxy) is 6. The van der Waals surface area contributed by atoms with Gasteiger partial charge < -0.3 is 89.9 Å². The molecular weight excluding hydrogens is 927 g/mol. The number of unbranched alkanes of at least 4 members (excludes halogenated alkanes) is 23. The highest BCUT2D eigenvalue weighted by Gasteiger charge is 2.53. The number of nitrogens with one attached hydrogen (secondary N) is 1. The predicted molar refractivity (Wildman–Crippen MR) is 263 cm³/mol. The molecule has 19 heteroatoms. The van der Waals surface area contributed by atoms with Gasteiger partial charge in [-0.15, -0.1) is 0 Å². The SMILES string of the molecule is CCCCCCCCCCC/C=C/C(O)C(COC1OC(CO)C(OC2OC(CO)C(OC3OC(CO)C(O)C(O)C3O)C(O)C2O)C(O)C1O)NC(=O)CCCCCCCCCCCCCCCCC. The first kappa shape index (κ1) is 63.8. The highest BCUT2D eigenvalue weighted by atomic mass is 16.8. The number of aliphatic hydroxyl groups excluding tert-OH is 11. The molecule has 3 saturated heterocycles. The van der Waals surface area contributed by atoms with Crippen molar-refractivity contribution >= 4 is 5.91 Å². The minimum Gasteiger partial charge on any atom is -0.394 e. The van der Waals surface area contributed by atoms with E-state index in [1.54, 1.807) is 6.08 Å². The molecule has 0 radical (unpaired) electrons. The van der Waals surface area contributed by atoms with Crippen LogP contribution < -0.4 is 5.32 Å². The maximum absolute atomic E-state index is 13.2. The molecule has 3 aliphatic rings. The van der Waals surface area contributed by atoms with E-state index < -0.39 is 124 Å². The third-order valence-corrected chi connectivity index (χ3v) is 14.1. The summed E-state index contributed by atoms with van der Waals surface area (Å²) in [5.74, 6) is -0.276. The average molecular weight is 1020 g/mol. The number of hydrogen-bond acceptors (Lipinski definition) is 18. The normalized spacial score (nSPS) is 32.3. The molecule has 3 heterocycles. The zero-order valence-corrected chi connectivity index (χ0v) is 43.0. The second-order valence-electron chi connectivity index (χ2n) is 20.1. The van der Waals surface area contributed by atoms with Gasteiger partial charge in [0.1, 0.15) is 73.2 Å². The third kappa shape index (κ3) is 22.7. The molecule has 0 aromatic heterocycles. The smallest absolute Gasteiger partial charge is 0.220 e. The number of hydrogen-bond donors (Lipinski definition) is 12. The lowest BCUT2D eigenvalue weighted by Crippen LogP contribution is -2.66. The molecule has 3 aliphatic heterocycles. The monoisotopic (exact) mass is 1020 g/mol. The molecule has 71 heavy (non-hydrogen) atoms. The maximum Gasteiger partial charge on any atom is 0.220 e. The Bertz CT molecular complexity index is 1360. The van der Waals surface area contributed by atoms with Crippen molar-refractivity contribution in [3.8, 4) is 0 Å². The summed E-state index contributed by atoms with van der Waals surface area (Å²) in [6.45, 7) is 1.69. The van der Waals surface area contributed by atoms with Gasteiger partial charge in [-0.3, -0.25) is 4.79 Å². The Morgan fingerprint density at radius 2 is 0.873 bits per heavy atom. The number of carbonyl (C=O) groups excluding carboxylic acids is 1. The van der Waals surface area contributed by atoms with Crippen molar-refractivity contribution in [1.29, 1.82) is 0 Å². The summed E-state index contributed by atoms with van der Waals surface area (Å²) in [6.07, 6.45) is 6.37. The van der Waals surface area contributed by atoms with E-state index in [2.05, 4.69) is 19.2 Å². The predicted octanol–water partition coefficient (Wildman–Crippen LogP) is 3.04. The zero-order valence-electron chi connectivity index (χ0n) is 43.0. The molecule has 1 amide bonds. The summed E-state index contributed by atoms with van der Waals surface area (Å²) in [7, 11) is 0. The second-order valence-corrected chi connectivity index (χ2v) is 20.1. The molecule has 17 unspecified atom stereocenters. The van der Waals surface area contributed by atoms with Crippen molar-refractivity contribution in [2.75, 3.05) is 26.4 Å². The molecule has 3 rings (SSSR count). The number of carbonyl (C=O) groups is 1. The molecule has 0 aromatic carbocycles. The lowest BCUT2D eigenvalue weighted by Gasteiger charge is -2.48. The topological polar surface area (TPSA) is 307 Å². The van der Waals surface area contributed by atoms with Gasteiger partial charge in [-0.2, -0.15) is 0 Å². The van der Waals surface area contributed by atoms with Crippen LogP contribution >= 0.6 is 0 Å². The molecule has 418 valence electrons. The second kappa shape index (κ2) is 37.3. The number of aliphatic hydroxyl groups is 11. The molecule has 0 aliphatic carbocycles. The molecule has 0 aromatic rings. The van der Waals surface area contributed by atoms with Crippen LogP contribution in [0.2, 0.25) is 0 Å². The van der Waals surface area contributed by atoms with Gasteiger partial charge in [0, 0.05) is 6.42 Å². The van der Waals surface area contributed by atoms with Crippen molar-refractivity contribution in [3.63, 3.8) is 0 Å². The Hall–Kier alpha value is -1.47. The van der Waals surface area contributed by atoms with E-state index in [1.165, 1.54) is 109 Å². The summed E-state index contributed by atoms with van der Waals surface area (Å²) in [6, 6.07) is -0.964. The highest BCUT2D eigenvalue weighted by Crippen LogP contribution is 2.33. The van der Waals surface area contributed by atoms with Crippen molar-refractivity contribution < 1.29 is 89.4 Å². The largest absolute Gasteiger partial charge is 0.394 e. The molecule has 3 fully saturated rings. The van der Waals surface area contributed by atoms with Crippen LogP contribution in [-0.2, 0) is 33.2 Å². The quantitative estimate of drug-likeness (QED) is 0.0311. The van der Waals surface area contributed by atoms with Crippen LogP contribution in [0, 0.1) is 0 Å². The van der Waals surface area contributed by atoms with Crippen molar-refractivity contribution in [2.24, 2.45) is 0 Å². The summed E-state index contributed by atoms with van der Waals surface area (Å²) in [4.78, 5) is 13.2. The van der Waals surface area contributed by atoms with Gasteiger partial charge in [-0.25, -0.2) is 0 Å². The van der Waals surface area contributed by atoms with E-state index in [0.717, 1.165) is 44.9 Å². The van der Waals surface area contributed by atoms with Gasteiger partial charge in [0.25, 0.3) is 0 Å². The third-order valence-electron chi connectivity index (χ3n) is 14.1. The van der Waals surface area contributed by atoms with Gasteiger partial charge >= 0.3 is 0 Å². The van der Waals surface area contributed by atoms with Gasteiger partial charge in [-0.1, -0.05) is 167 Å². The summed E-state index contributed by atoms with van der Waals surface area (Å²) in [5, 5.41) is 120. The standard InChI is InChI=1S/C52H97NO18/c1-3-5-7-9-11-13-15-16-17-18-20-22-24-26-28-30-40(58)53-35(36(57)29-27-25-23-21-19-14-12-10-8-6-4-2)34-66-50-46(64)43(61)48(38(32-55)68-50)71-52-47(65)44(62)49(39(33-56)69-52)70-51-45(63)42(60)41(59)37(31-54)67-51/h27,29,35-39,41-52,54-57,59-65H,3-26,28,30-34H2,1-2H3,(H,53,58)/b29-27+. The van der Waals surface area contributed by atoms with Gasteiger partial charge in [0.05, 0.1) is 38.6 Å². The minimum atomic E-state index is -1.97. The molecular formula is C52H97NO18. The van der Waals surface area contributed by atoms with Crippen LogP contribution in [0.15, 0.2) is 12.2 Å². The fraction of sp³-hybridized carbons (Fsp3) is 0.942. The number of allylic oxidation sites excluding steroid dienone is 1. The van der Waals surface area contributed by atoms with Crippen LogP contribution in [-0.4, -0.2) is 193 Å². The van der Waals surface area contributed by atoms with E-state index in [1.807, 2.05) is 6.08 Å². The first-order valence-electron chi connectivity index (χ1n) is 27.4. The molecule has 19 nitrogen and oxygen atoms in total. The van der Waals surface area contributed by atoms with Crippen LogP contribution in [0.4, 0.5) is 0 Å². The molecule has 12 N–H and O–H groups in total. The van der Waals surface area contributed by atoms with E-state index in [0.29, 0.717) is 6.42 Å². The molecule has 17 atom stereocenters. The minimum absolute atomic E-state index is 0.248. The zero-order chi connectivity index (χ0) is 52.0. The van der Waals surface area contributed by atoms with Crippen molar-refractivity contribution in [3.05, 3.63) is 12.2 Å². The van der Waals surface area contributed by atoms with Crippen LogP contribution in [0.1, 0.15) is 181 Å². The molecule has 0 bridgehead atoms. The average Bonchev–Trinajstić information content (AvgIpc) is 3.36. The Kier molecular flexibility index (Phi) is 33.5. The van der Waals surface area contributed by atoms with Crippen LogP contribution in [0.3, 0.4) is 0 Å². The maximum atomic E-state index is 13.2. The fourth-order valence-corrected chi connectivity index (χ4v) is 9.48. The van der Waals surface area contributed by atoms with Crippen LogP contribution in [0.5, 0.6) is 0 Å².